The molecule has 0 saturated carbocycles. The highest BCUT2D eigenvalue weighted by Gasteiger charge is 2.05. The molecule has 0 radical (unpaired) electrons. The minimum absolute atomic E-state index is 0.244. The molecular formula is C10H9BrFN3. The van der Waals surface area contributed by atoms with Gasteiger partial charge in [0.1, 0.15) is 5.82 Å². The van der Waals surface area contributed by atoms with Crippen molar-refractivity contribution in [3.8, 4) is 0 Å². The largest absolute Gasteiger partial charge is 0.369 e. The maximum absolute atomic E-state index is 13.4. The van der Waals surface area contributed by atoms with E-state index in [2.05, 4.69) is 20.9 Å². The number of benzene rings is 1. The van der Waals surface area contributed by atoms with E-state index in [4.69, 9.17) is 5.73 Å². The van der Waals surface area contributed by atoms with Crippen molar-refractivity contribution in [3.05, 3.63) is 46.4 Å². The lowest BCUT2D eigenvalue weighted by atomic mass is 10.2. The van der Waals surface area contributed by atoms with Crippen LogP contribution in [0.15, 0.2) is 35.1 Å². The molecule has 0 atom stereocenters. The van der Waals surface area contributed by atoms with Crippen molar-refractivity contribution in [3.63, 3.8) is 0 Å². The van der Waals surface area contributed by atoms with Crippen LogP contribution in [0.4, 0.5) is 10.3 Å². The molecule has 1 aromatic heterocycles. The number of nitrogens with two attached hydrogens (primary N) is 1. The molecule has 15 heavy (non-hydrogen) atoms. The fourth-order valence-electron chi connectivity index (χ4n) is 1.32. The summed E-state index contributed by atoms with van der Waals surface area (Å²) in [6, 6.07) is 4.82. The van der Waals surface area contributed by atoms with Gasteiger partial charge in [-0.2, -0.15) is 0 Å². The third kappa shape index (κ3) is 2.18. The van der Waals surface area contributed by atoms with Crippen LogP contribution in [-0.4, -0.2) is 9.55 Å². The van der Waals surface area contributed by atoms with Crippen molar-refractivity contribution in [1.29, 1.82) is 0 Å². The molecule has 0 amide bonds. The Morgan fingerprint density at radius 1 is 1.47 bits per heavy atom. The van der Waals surface area contributed by atoms with Gasteiger partial charge in [0, 0.05) is 22.4 Å². The average molecular weight is 270 g/mol. The number of imidazole rings is 1. The highest BCUT2D eigenvalue weighted by Crippen LogP contribution is 2.17. The normalized spacial score (nSPS) is 10.5. The molecule has 0 unspecified atom stereocenters. The van der Waals surface area contributed by atoms with Gasteiger partial charge in [0.25, 0.3) is 0 Å². The molecule has 0 aliphatic heterocycles. The van der Waals surface area contributed by atoms with Gasteiger partial charge in [0.2, 0.25) is 0 Å². The number of halogens is 2. The van der Waals surface area contributed by atoms with E-state index in [1.165, 1.54) is 6.07 Å². The average Bonchev–Trinajstić information content (AvgIpc) is 2.58. The van der Waals surface area contributed by atoms with Gasteiger partial charge in [-0.1, -0.05) is 15.9 Å². The molecule has 5 heteroatoms. The molecule has 1 aromatic carbocycles. The molecule has 3 nitrogen and oxygen atoms in total. The van der Waals surface area contributed by atoms with E-state index in [9.17, 15) is 4.39 Å². The zero-order chi connectivity index (χ0) is 10.8. The summed E-state index contributed by atoms with van der Waals surface area (Å²) in [5, 5.41) is 0. The van der Waals surface area contributed by atoms with Crippen LogP contribution in [0.2, 0.25) is 0 Å². The number of nitrogens with zero attached hydrogens (tertiary/aromatic N) is 2. The summed E-state index contributed by atoms with van der Waals surface area (Å²) in [6.45, 7) is 0.386. The summed E-state index contributed by atoms with van der Waals surface area (Å²) < 4.78 is 15.9. The van der Waals surface area contributed by atoms with Crippen LogP contribution in [0.5, 0.6) is 0 Å². The van der Waals surface area contributed by atoms with E-state index < -0.39 is 0 Å². The quantitative estimate of drug-likeness (QED) is 0.910. The Morgan fingerprint density at radius 3 is 2.93 bits per heavy atom. The lowest BCUT2D eigenvalue weighted by molar-refractivity contribution is 0.600. The van der Waals surface area contributed by atoms with Crippen LogP contribution in [0, 0.1) is 5.82 Å². The van der Waals surface area contributed by atoms with E-state index in [0.717, 1.165) is 4.47 Å². The van der Waals surface area contributed by atoms with Gasteiger partial charge in [0.15, 0.2) is 5.95 Å². The summed E-state index contributed by atoms with van der Waals surface area (Å²) in [5.74, 6) is 0.140. The Bertz CT molecular complexity index is 481. The minimum atomic E-state index is -0.244. The standard InChI is InChI=1S/C10H9BrFN3/c11-8-1-2-9(12)7(5-8)6-15-4-3-14-10(15)13/h1-5H,6H2,(H2,13,14). The summed E-state index contributed by atoms with van der Waals surface area (Å²) in [5.41, 5.74) is 6.17. The van der Waals surface area contributed by atoms with Crippen LogP contribution in [0.3, 0.4) is 0 Å². The summed E-state index contributed by atoms with van der Waals surface area (Å²) in [6.07, 6.45) is 3.31. The number of aromatic nitrogens is 2. The topological polar surface area (TPSA) is 43.8 Å². The Morgan fingerprint density at radius 2 is 2.27 bits per heavy atom. The van der Waals surface area contributed by atoms with E-state index in [-0.39, 0.29) is 5.82 Å². The summed E-state index contributed by atoms with van der Waals surface area (Å²) >= 11 is 3.30. The van der Waals surface area contributed by atoms with Crippen molar-refractivity contribution >= 4 is 21.9 Å². The van der Waals surface area contributed by atoms with Crippen LogP contribution >= 0.6 is 15.9 Å². The Balaban J connectivity index is 2.32. The molecule has 0 bridgehead atoms. The smallest absolute Gasteiger partial charge is 0.200 e. The van der Waals surface area contributed by atoms with Gasteiger partial charge in [-0.25, -0.2) is 9.37 Å². The van der Waals surface area contributed by atoms with E-state index >= 15 is 0 Å². The zero-order valence-corrected chi connectivity index (χ0v) is 9.41. The zero-order valence-electron chi connectivity index (χ0n) is 7.82. The first kappa shape index (κ1) is 10.2. The van der Waals surface area contributed by atoms with Crippen molar-refractivity contribution in [2.45, 2.75) is 6.54 Å². The summed E-state index contributed by atoms with van der Waals surface area (Å²) in [7, 11) is 0. The predicted molar refractivity (Wildman–Crippen MR) is 59.8 cm³/mol. The van der Waals surface area contributed by atoms with E-state index in [1.807, 2.05) is 0 Å². The van der Waals surface area contributed by atoms with Crippen LogP contribution in [0.1, 0.15) is 5.56 Å². The molecule has 2 rings (SSSR count). The van der Waals surface area contributed by atoms with Crippen molar-refractivity contribution in [1.82, 2.24) is 9.55 Å². The molecular weight excluding hydrogens is 261 g/mol. The van der Waals surface area contributed by atoms with Crippen molar-refractivity contribution in [2.24, 2.45) is 0 Å². The Labute approximate surface area is 94.9 Å². The van der Waals surface area contributed by atoms with Gasteiger partial charge < -0.3 is 10.3 Å². The van der Waals surface area contributed by atoms with Crippen LogP contribution < -0.4 is 5.73 Å². The maximum Gasteiger partial charge on any atom is 0.200 e. The van der Waals surface area contributed by atoms with Crippen LogP contribution in [-0.2, 0) is 6.54 Å². The molecule has 2 N–H and O–H groups in total. The molecule has 2 aromatic rings. The van der Waals surface area contributed by atoms with Gasteiger partial charge >= 0.3 is 0 Å². The van der Waals surface area contributed by atoms with E-state index in [0.29, 0.717) is 18.1 Å². The summed E-state index contributed by atoms with van der Waals surface area (Å²) in [4.78, 5) is 3.87. The number of anilines is 1. The first-order valence-corrected chi connectivity index (χ1v) is 5.16. The molecule has 1 heterocycles. The maximum atomic E-state index is 13.4. The Hall–Kier alpha value is -1.36. The second-order valence-electron chi connectivity index (χ2n) is 3.15. The third-order valence-electron chi connectivity index (χ3n) is 2.10. The number of hydrogen-bond donors (Lipinski definition) is 1. The molecule has 0 spiro atoms. The van der Waals surface area contributed by atoms with E-state index in [1.54, 1.807) is 29.1 Å². The predicted octanol–water partition coefficient (Wildman–Crippen LogP) is 2.42. The number of rotatable bonds is 2. The highest BCUT2D eigenvalue weighted by atomic mass is 79.9. The second kappa shape index (κ2) is 4.02. The van der Waals surface area contributed by atoms with Gasteiger partial charge in [-0.05, 0) is 18.2 Å². The van der Waals surface area contributed by atoms with Crippen molar-refractivity contribution in [2.75, 3.05) is 5.73 Å². The first-order valence-electron chi connectivity index (χ1n) is 4.37. The SMILES string of the molecule is Nc1nccn1Cc1cc(Br)ccc1F. The minimum Gasteiger partial charge on any atom is -0.369 e. The first-order chi connectivity index (χ1) is 7.16. The molecule has 78 valence electrons. The van der Waals surface area contributed by atoms with Crippen molar-refractivity contribution < 1.29 is 4.39 Å². The number of nitrogen functional groups attached to an aromatic ring is 1. The molecule has 0 aliphatic carbocycles. The fourth-order valence-corrected chi connectivity index (χ4v) is 1.73. The fraction of sp³-hybridized carbons (Fsp3) is 0.100. The second-order valence-corrected chi connectivity index (χ2v) is 4.06. The molecule has 0 saturated heterocycles. The van der Waals surface area contributed by atoms with Gasteiger partial charge in [-0.3, -0.25) is 0 Å². The lowest BCUT2D eigenvalue weighted by Gasteiger charge is -2.06. The van der Waals surface area contributed by atoms with Gasteiger partial charge in [0.05, 0.1) is 6.54 Å². The molecule has 0 aliphatic rings. The monoisotopic (exact) mass is 269 g/mol. The highest BCUT2D eigenvalue weighted by molar-refractivity contribution is 9.10. The molecule has 0 fully saturated rings. The number of hydrogen-bond acceptors (Lipinski definition) is 2. The lowest BCUT2D eigenvalue weighted by Crippen LogP contribution is -2.05. The van der Waals surface area contributed by atoms with Gasteiger partial charge in [-0.15, -0.1) is 0 Å². The van der Waals surface area contributed by atoms with Crippen LogP contribution in [0.25, 0.3) is 0 Å². The Kier molecular flexibility index (Phi) is 2.73. The third-order valence-corrected chi connectivity index (χ3v) is 2.59.